The average Bonchev–Trinajstić information content (AvgIpc) is 3.86. The molecule has 9 heteroatoms. The number of carbonyl (C=O) groups excluding carboxylic acids is 1. The van der Waals surface area contributed by atoms with Crippen LogP contribution in [0.15, 0.2) is 106 Å². The van der Waals surface area contributed by atoms with Crippen LogP contribution in [-0.2, 0) is 9.53 Å². The van der Waals surface area contributed by atoms with Gasteiger partial charge in [0, 0.05) is 52.8 Å². The van der Waals surface area contributed by atoms with E-state index in [9.17, 15) is 15.0 Å². The van der Waals surface area contributed by atoms with E-state index in [2.05, 4.69) is 79.1 Å². The molecular formula is C44H56N4O4Si. The fraction of sp³-hybridized carbons (Fsp3) is 0.500. The van der Waals surface area contributed by atoms with E-state index in [0.717, 1.165) is 90.9 Å². The van der Waals surface area contributed by atoms with E-state index < -0.39 is 8.07 Å². The van der Waals surface area contributed by atoms with Gasteiger partial charge in [0.15, 0.2) is 0 Å². The molecule has 8 nitrogen and oxygen atoms in total. The lowest BCUT2D eigenvalue weighted by Gasteiger charge is -2.38. The predicted molar refractivity (Wildman–Crippen MR) is 218 cm³/mol. The summed E-state index contributed by atoms with van der Waals surface area (Å²) < 4.78 is 5.10. The number of nitrogens with one attached hydrogen (secondary N) is 1. The summed E-state index contributed by atoms with van der Waals surface area (Å²) >= 11 is 0. The zero-order valence-corrected chi connectivity index (χ0v) is 34.6. The lowest BCUT2D eigenvalue weighted by Crippen LogP contribution is -2.43. The molecule has 0 aromatic heterocycles. The minimum atomic E-state index is -2.19. The van der Waals surface area contributed by atoms with Crippen LogP contribution in [0.2, 0.25) is 16.6 Å². The minimum Gasteiger partial charge on any atom is -0.511 e. The first-order chi connectivity index (χ1) is 25.1. The Morgan fingerprint density at radius 2 is 1.60 bits per heavy atom. The highest BCUT2D eigenvalue weighted by Crippen LogP contribution is 2.48. The lowest BCUT2D eigenvalue weighted by molar-refractivity contribution is -0.140. The second-order valence-corrected chi connectivity index (χ2v) is 21.7. The van der Waals surface area contributed by atoms with Gasteiger partial charge in [-0.1, -0.05) is 61.3 Å². The minimum absolute atomic E-state index is 0.0713. The fourth-order valence-electron chi connectivity index (χ4n) is 9.62. The standard InChI is InChI=1S/C44H56N4O4Si/c1-13-29-25(8)34-19-37-33(21-49)27(10)41(47-37)31(16-17-53(22(2)3,23(4)5)24(6)7)42-26(9)30(14-15-39(51)52-12)43(48-42)32-18-38(50)40-28(11)35(46-44(32)40)20-36(29)45-34/h19-20,22-24,26,30,48-50H,13-15,18,21H2,1-12H3/t26-,30-/m0/s1. The number of esters is 1. The zero-order valence-electron chi connectivity index (χ0n) is 33.6. The number of aliphatic hydroxyl groups is 2. The monoisotopic (exact) mass is 732 g/mol. The number of methoxy groups -OCH3 is 1. The Bertz CT molecular complexity index is 2070. The zero-order chi connectivity index (χ0) is 38.7. The first-order valence-corrected chi connectivity index (χ1v) is 21.5. The Hall–Kier alpha value is -4.26. The number of fused-ring (bicyclic) bond motifs is 5. The number of carbonyl (C=O) groups is 1. The lowest BCUT2D eigenvalue weighted by atomic mass is 9.85. The largest absolute Gasteiger partial charge is 0.511 e. The number of allylic oxidation sites excluding steroid dienone is 11. The molecule has 5 heterocycles. The van der Waals surface area contributed by atoms with Crippen LogP contribution in [0.25, 0.3) is 0 Å². The first-order valence-electron chi connectivity index (χ1n) is 19.3. The van der Waals surface area contributed by atoms with E-state index in [1.165, 1.54) is 7.11 Å². The van der Waals surface area contributed by atoms with E-state index in [4.69, 9.17) is 19.7 Å². The molecule has 6 aliphatic rings. The number of nitrogens with zero attached hydrogens (tertiary/aromatic N) is 3. The summed E-state index contributed by atoms with van der Waals surface area (Å²) in [5.74, 6) is 3.69. The van der Waals surface area contributed by atoms with Gasteiger partial charge in [0.25, 0.3) is 0 Å². The summed E-state index contributed by atoms with van der Waals surface area (Å²) in [5, 5.41) is 26.3. The van der Waals surface area contributed by atoms with Gasteiger partial charge in [0.2, 0.25) is 0 Å². The molecule has 0 aromatic carbocycles. The molecule has 3 N–H and O–H groups in total. The van der Waals surface area contributed by atoms with E-state index in [1.807, 2.05) is 26.0 Å². The predicted octanol–water partition coefficient (Wildman–Crippen LogP) is 9.20. The van der Waals surface area contributed by atoms with Crippen LogP contribution < -0.4 is 5.32 Å². The Kier molecular flexibility index (Phi) is 10.5. The van der Waals surface area contributed by atoms with Crippen LogP contribution in [0.3, 0.4) is 0 Å². The maximum Gasteiger partial charge on any atom is 0.305 e. The van der Waals surface area contributed by atoms with Crippen molar-refractivity contribution in [3.8, 4) is 11.5 Å². The van der Waals surface area contributed by atoms with Gasteiger partial charge < -0.3 is 20.3 Å². The molecule has 0 amide bonds. The molecule has 1 saturated heterocycles. The van der Waals surface area contributed by atoms with Crippen LogP contribution in [0, 0.1) is 23.3 Å². The molecule has 280 valence electrons. The molecule has 5 aliphatic heterocycles. The molecule has 1 aliphatic carbocycles. The van der Waals surface area contributed by atoms with Crippen molar-refractivity contribution in [1.82, 2.24) is 5.32 Å². The first kappa shape index (κ1) is 38.5. The van der Waals surface area contributed by atoms with Gasteiger partial charge in [0.1, 0.15) is 13.8 Å². The van der Waals surface area contributed by atoms with Crippen molar-refractivity contribution in [2.75, 3.05) is 13.7 Å². The van der Waals surface area contributed by atoms with Crippen molar-refractivity contribution in [1.29, 1.82) is 0 Å². The van der Waals surface area contributed by atoms with E-state index >= 15 is 0 Å². The number of ether oxygens (including phenoxy) is 1. The third-order valence-corrected chi connectivity index (χ3v) is 18.9. The van der Waals surface area contributed by atoms with E-state index in [-0.39, 0.29) is 30.8 Å². The molecular weight excluding hydrogens is 677 g/mol. The summed E-state index contributed by atoms with van der Waals surface area (Å²) in [5.41, 5.74) is 19.2. The van der Waals surface area contributed by atoms with Crippen molar-refractivity contribution >= 4 is 31.2 Å². The normalized spacial score (nSPS) is 22.7. The fourth-order valence-corrected chi connectivity index (χ4v) is 14.8. The van der Waals surface area contributed by atoms with Gasteiger partial charge in [-0.2, -0.15) is 0 Å². The molecule has 0 aromatic rings. The SMILES string of the molecule is CCC1=C(C)C2=NC1=CC1=C(C)C3=C(O)CC(=C4NC(=C(C#C[Si](C(C)C)(C(C)C)C(C)C)C5=NC(=C2)C(CO)=C5C)[C@@H](C)[C@@H]4CCC(=O)OC)C3=N1. The molecule has 0 unspecified atom stereocenters. The van der Waals surface area contributed by atoms with Gasteiger partial charge in [-0.25, -0.2) is 15.0 Å². The van der Waals surface area contributed by atoms with Crippen LogP contribution in [-0.4, -0.2) is 55.1 Å². The maximum absolute atomic E-state index is 12.6. The molecule has 2 atom stereocenters. The molecule has 0 saturated carbocycles. The summed E-state index contributed by atoms with van der Waals surface area (Å²) in [7, 11) is -0.762. The van der Waals surface area contributed by atoms with Crippen LogP contribution >= 0.6 is 0 Å². The molecule has 0 radical (unpaired) electrons. The van der Waals surface area contributed by atoms with Crippen molar-refractivity contribution in [3.63, 3.8) is 0 Å². The Morgan fingerprint density at radius 1 is 0.943 bits per heavy atom. The van der Waals surface area contributed by atoms with Gasteiger partial charge >= 0.3 is 5.97 Å². The topological polar surface area (TPSA) is 116 Å². The number of aliphatic imine (C=N–C) groups is 3. The van der Waals surface area contributed by atoms with Crippen molar-refractivity contribution in [2.24, 2.45) is 26.8 Å². The third-order valence-electron chi connectivity index (χ3n) is 12.6. The summed E-state index contributed by atoms with van der Waals surface area (Å²) in [6.45, 7) is 24.2. The summed E-state index contributed by atoms with van der Waals surface area (Å²) in [6.07, 6.45) is 5.98. The maximum atomic E-state index is 12.6. The molecule has 0 spiro atoms. The molecule has 1 fully saturated rings. The van der Waals surface area contributed by atoms with Gasteiger partial charge in [-0.15, -0.1) is 5.54 Å². The van der Waals surface area contributed by atoms with Gasteiger partial charge in [-0.05, 0) is 84.7 Å². The van der Waals surface area contributed by atoms with E-state index in [1.54, 1.807) is 0 Å². The summed E-state index contributed by atoms with van der Waals surface area (Å²) in [4.78, 5) is 28.2. The van der Waals surface area contributed by atoms with Crippen LogP contribution in [0.4, 0.5) is 0 Å². The quantitative estimate of drug-likeness (QED) is 0.131. The Balaban J connectivity index is 1.71. The highest BCUT2D eigenvalue weighted by Gasteiger charge is 2.44. The smallest absolute Gasteiger partial charge is 0.305 e. The second kappa shape index (κ2) is 14.5. The van der Waals surface area contributed by atoms with Crippen LogP contribution in [0.1, 0.15) is 102 Å². The second-order valence-electron chi connectivity index (χ2n) is 16.2. The molecule has 8 bridgehead atoms. The van der Waals surface area contributed by atoms with E-state index in [0.29, 0.717) is 40.9 Å². The number of aliphatic hydroxyl groups excluding tert-OH is 2. The average molecular weight is 733 g/mol. The van der Waals surface area contributed by atoms with Crippen LogP contribution in [0.5, 0.6) is 0 Å². The van der Waals surface area contributed by atoms with Crippen molar-refractivity contribution in [3.05, 3.63) is 91.0 Å². The number of hydrogen-bond donors (Lipinski definition) is 3. The van der Waals surface area contributed by atoms with Crippen molar-refractivity contribution < 1.29 is 19.7 Å². The number of hydrogen-bond acceptors (Lipinski definition) is 8. The summed E-state index contributed by atoms with van der Waals surface area (Å²) in [6, 6.07) is 0. The molecule has 53 heavy (non-hydrogen) atoms. The highest BCUT2D eigenvalue weighted by molar-refractivity contribution is 6.90. The van der Waals surface area contributed by atoms with Crippen molar-refractivity contribution in [2.45, 2.75) is 118 Å². The molecule has 6 rings (SSSR count). The van der Waals surface area contributed by atoms with Gasteiger partial charge in [0.05, 0.1) is 53.5 Å². The third kappa shape index (κ3) is 6.22. The number of rotatable bonds is 8. The highest BCUT2D eigenvalue weighted by atomic mass is 28.3. The van der Waals surface area contributed by atoms with Gasteiger partial charge in [-0.3, -0.25) is 4.79 Å². The Morgan fingerprint density at radius 3 is 2.21 bits per heavy atom. The Labute approximate surface area is 316 Å².